The van der Waals surface area contributed by atoms with Crippen LogP contribution in [0.25, 0.3) is 0 Å². The Balaban J connectivity index is 1.68. The summed E-state index contributed by atoms with van der Waals surface area (Å²) in [5.41, 5.74) is 0.829. The molecule has 162 valence electrons. The third kappa shape index (κ3) is 3.83. The first-order valence-electron chi connectivity index (χ1n) is 9.80. The minimum Gasteiger partial charge on any atom is -0.497 e. The van der Waals surface area contributed by atoms with Crippen molar-refractivity contribution in [2.24, 2.45) is 0 Å². The van der Waals surface area contributed by atoms with Crippen molar-refractivity contribution in [2.75, 3.05) is 45.7 Å². The predicted molar refractivity (Wildman–Crippen MR) is 105 cm³/mol. The lowest BCUT2D eigenvalue weighted by molar-refractivity contribution is -0.173. The van der Waals surface area contributed by atoms with Crippen LogP contribution in [0.2, 0.25) is 0 Å². The topological polar surface area (TPSA) is 62.6 Å². The number of hydrogen-bond donors (Lipinski definition) is 1. The van der Waals surface area contributed by atoms with E-state index in [1.54, 1.807) is 29.2 Å². The van der Waals surface area contributed by atoms with Crippen LogP contribution < -0.4 is 10.1 Å². The van der Waals surface area contributed by atoms with Crippen molar-refractivity contribution in [3.8, 4) is 5.75 Å². The van der Waals surface area contributed by atoms with E-state index in [0.717, 1.165) is 17.8 Å². The molecule has 10 heteroatoms. The number of carbonyl (C=O) groups is 1. The van der Waals surface area contributed by atoms with Crippen molar-refractivity contribution in [3.05, 3.63) is 41.6 Å². The standard InChI is InChI=1S/C20H24F3N5O2/c1-26-6-8-27(9-7-26)19(29)15-12-24-28-17(20(21,22)23)11-16(25-18(15)28)13-4-3-5-14(10-13)30-2/h3-5,10,12,16-17,25H,6-9,11H2,1-2H3/t16-,17+/m0/s1. The molecule has 1 saturated heterocycles. The number of alkyl halides is 3. The minimum absolute atomic E-state index is 0.111. The van der Waals surface area contributed by atoms with Crippen LogP contribution in [0.5, 0.6) is 5.75 Å². The van der Waals surface area contributed by atoms with Gasteiger partial charge in [0.05, 0.1) is 19.3 Å². The highest BCUT2D eigenvalue weighted by Crippen LogP contribution is 2.44. The first kappa shape index (κ1) is 20.5. The third-order valence-electron chi connectivity index (χ3n) is 5.76. The van der Waals surface area contributed by atoms with Gasteiger partial charge in [0.25, 0.3) is 5.91 Å². The first-order chi connectivity index (χ1) is 14.3. The summed E-state index contributed by atoms with van der Waals surface area (Å²) in [6, 6.07) is 4.48. The molecule has 0 unspecified atom stereocenters. The molecule has 4 rings (SSSR count). The molecule has 1 fully saturated rings. The van der Waals surface area contributed by atoms with Gasteiger partial charge in [0.2, 0.25) is 0 Å². The van der Waals surface area contributed by atoms with Crippen LogP contribution in [0.4, 0.5) is 19.0 Å². The first-order valence-corrected chi connectivity index (χ1v) is 9.80. The van der Waals surface area contributed by atoms with Crippen LogP contribution in [0.15, 0.2) is 30.5 Å². The Morgan fingerprint density at radius 2 is 1.97 bits per heavy atom. The van der Waals surface area contributed by atoms with E-state index in [-0.39, 0.29) is 23.7 Å². The summed E-state index contributed by atoms with van der Waals surface area (Å²) in [5, 5.41) is 7.08. The van der Waals surface area contributed by atoms with Gasteiger partial charge in [-0.2, -0.15) is 18.3 Å². The predicted octanol–water partition coefficient (Wildman–Crippen LogP) is 2.94. The molecule has 0 bridgehead atoms. The Morgan fingerprint density at radius 3 is 2.63 bits per heavy atom. The zero-order valence-electron chi connectivity index (χ0n) is 16.8. The molecule has 0 radical (unpaired) electrons. The van der Waals surface area contributed by atoms with Crippen LogP contribution in [-0.2, 0) is 0 Å². The van der Waals surface area contributed by atoms with Gasteiger partial charge in [-0.25, -0.2) is 4.68 Å². The molecule has 0 spiro atoms. The largest absolute Gasteiger partial charge is 0.497 e. The van der Waals surface area contributed by atoms with E-state index in [1.807, 2.05) is 7.05 Å². The number of piperazine rings is 1. The van der Waals surface area contributed by atoms with Gasteiger partial charge >= 0.3 is 6.18 Å². The van der Waals surface area contributed by atoms with Crippen molar-refractivity contribution in [1.82, 2.24) is 19.6 Å². The number of halogens is 3. The van der Waals surface area contributed by atoms with Crippen LogP contribution in [0, 0.1) is 0 Å². The quantitative estimate of drug-likeness (QED) is 0.823. The molecule has 0 aliphatic carbocycles. The number of anilines is 1. The van der Waals surface area contributed by atoms with Gasteiger partial charge in [-0.1, -0.05) is 12.1 Å². The average Bonchev–Trinajstić information content (AvgIpc) is 3.16. The highest BCUT2D eigenvalue weighted by molar-refractivity contribution is 5.99. The Hall–Kier alpha value is -2.75. The number of ether oxygens (including phenoxy) is 1. The molecule has 7 nitrogen and oxygen atoms in total. The number of likely N-dealkylation sites (N-methyl/N-ethyl adjacent to an activating group) is 1. The van der Waals surface area contributed by atoms with Gasteiger partial charge in [0.1, 0.15) is 17.1 Å². The molecule has 2 aromatic rings. The lowest BCUT2D eigenvalue weighted by Crippen LogP contribution is -2.47. The second-order valence-corrected chi connectivity index (χ2v) is 7.71. The molecule has 2 aliphatic rings. The summed E-state index contributed by atoms with van der Waals surface area (Å²) >= 11 is 0. The maximum Gasteiger partial charge on any atom is 0.410 e. The highest BCUT2D eigenvalue weighted by atomic mass is 19.4. The maximum absolute atomic E-state index is 13.8. The Labute approximate surface area is 172 Å². The number of benzene rings is 1. The van der Waals surface area contributed by atoms with Crippen molar-refractivity contribution < 1.29 is 22.7 Å². The van der Waals surface area contributed by atoms with Gasteiger partial charge in [0.15, 0.2) is 6.04 Å². The van der Waals surface area contributed by atoms with Crippen molar-refractivity contribution in [1.29, 1.82) is 0 Å². The molecule has 3 heterocycles. The number of aromatic nitrogens is 2. The molecule has 1 amide bonds. The summed E-state index contributed by atoms with van der Waals surface area (Å²) in [6.07, 6.45) is -3.47. The van der Waals surface area contributed by atoms with E-state index in [0.29, 0.717) is 24.4 Å². The molecule has 1 N–H and O–H groups in total. The summed E-state index contributed by atoms with van der Waals surface area (Å²) in [7, 11) is 3.48. The van der Waals surface area contributed by atoms with Gasteiger partial charge in [0, 0.05) is 32.6 Å². The van der Waals surface area contributed by atoms with E-state index in [2.05, 4.69) is 15.3 Å². The van der Waals surface area contributed by atoms with Crippen LogP contribution in [0.1, 0.15) is 34.4 Å². The number of amides is 1. The zero-order chi connectivity index (χ0) is 21.5. The van der Waals surface area contributed by atoms with E-state index in [4.69, 9.17) is 4.74 Å². The molecular formula is C20H24F3N5O2. The van der Waals surface area contributed by atoms with Crippen LogP contribution in [0.3, 0.4) is 0 Å². The molecule has 1 aromatic heterocycles. The fraction of sp³-hybridized carbons (Fsp3) is 0.500. The van der Waals surface area contributed by atoms with Gasteiger partial charge in [-0.15, -0.1) is 0 Å². The molecule has 2 atom stereocenters. The molecule has 30 heavy (non-hydrogen) atoms. The van der Waals surface area contributed by atoms with E-state index >= 15 is 0 Å². The number of fused-ring (bicyclic) bond motifs is 1. The zero-order valence-corrected chi connectivity index (χ0v) is 16.8. The van der Waals surface area contributed by atoms with E-state index in [9.17, 15) is 18.0 Å². The van der Waals surface area contributed by atoms with E-state index < -0.39 is 18.3 Å². The Morgan fingerprint density at radius 1 is 1.23 bits per heavy atom. The smallest absolute Gasteiger partial charge is 0.410 e. The van der Waals surface area contributed by atoms with Crippen LogP contribution >= 0.6 is 0 Å². The summed E-state index contributed by atoms with van der Waals surface area (Å²) in [4.78, 5) is 16.8. The molecule has 0 saturated carbocycles. The minimum atomic E-state index is -4.49. The average molecular weight is 423 g/mol. The SMILES string of the molecule is COc1cccc([C@@H]2C[C@H](C(F)(F)F)n3ncc(C(=O)N4CCN(C)CC4)c3N2)c1. The highest BCUT2D eigenvalue weighted by Gasteiger charge is 2.47. The third-order valence-corrected chi connectivity index (χ3v) is 5.76. The summed E-state index contributed by atoms with van der Waals surface area (Å²) in [6.45, 7) is 2.50. The Bertz CT molecular complexity index is 921. The number of carbonyl (C=O) groups excluding carboxylic acids is 1. The fourth-order valence-corrected chi connectivity index (χ4v) is 3.98. The monoisotopic (exact) mass is 423 g/mol. The van der Waals surface area contributed by atoms with Gasteiger partial charge in [-0.3, -0.25) is 4.79 Å². The summed E-state index contributed by atoms with van der Waals surface area (Å²) in [5.74, 6) is 0.370. The number of nitrogens with one attached hydrogen (secondary N) is 1. The molecular weight excluding hydrogens is 399 g/mol. The van der Waals surface area contributed by atoms with Gasteiger partial charge < -0.3 is 19.9 Å². The molecule has 1 aromatic carbocycles. The van der Waals surface area contributed by atoms with Crippen molar-refractivity contribution in [2.45, 2.75) is 24.7 Å². The van der Waals surface area contributed by atoms with Crippen molar-refractivity contribution >= 4 is 11.7 Å². The number of nitrogens with zero attached hydrogens (tertiary/aromatic N) is 4. The lowest BCUT2D eigenvalue weighted by Gasteiger charge is -2.35. The second kappa shape index (κ2) is 7.82. The van der Waals surface area contributed by atoms with Crippen LogP contribution in [-0.4, -0.2) is 72.0 Å². The summed E-state index contributed by atoms with van der Waals surface area (Å²) < 4.78 is 47.7. The van der Waals surface area contributed by atoms with Crippen molar-refractivity contribution in [3.63, 3.8) is 0 Å². The number of methoxy groups -OCH3 is 1. The normalized spacial score (nSPS) is 22.4. The lowest BCUT2D eigenvalue weighted by atomic mass is 9.96. The second-order valence-electron chi connectivity index (χ2n) is 7.71. The fourth-order valence-electron chi connectivity index (χ4n) is 3.98. The van der Waals surface area contributed by atoms with E-state index in [1.165, 1.54) is 13.3 Å². The number of hydrogen-bond acceptors (Lipinski definition) is 5. The number of rotatable bonds is 3. The van der Waals surface area contributed by atoms with Gasteiger partial charge in [-0.05, 0) is 24.7 Å². The Kier molecular flexibility index (Phi) is 5.35. The molecule has 2 aliphatic heterocycles. The maximum atomic E-state index is 13.8.